The number of hydrogen-bond acceptors (Lipinski definition) is 7. The van der Waals surface area contributed by atoms with Gasteiger partial charge in [-0.25, -0.2) is 10.2 Å². The monoisotopic (exact) mass is 645 g/mol. The van der Waals surface area contributed by atoms with Crippen molar-refractivity contribution in [1.82, 2.24) is 9.99 Å². The van der Waals surface area contributed by atoms with E-state index in [1.54, 1.807) is 43.3 Å². The predicted octanol–water partition coefficient (Wildman–Crippen LogP) is 7.95. The Kier molecular flexibility index (Phi) is 9.92. The molecule has 0 unspecified atom stereocenters. The lowest BCUT2D eigenvalue weighted by atomic mass is 10.2. The van der Waals surface area contributed by atoms with Gasteiger partial charge in [0.15, 0.2) is 17.3 Å². The fourth-order valence-corrected chi connectivity index (χ4v) is 4.97. The van der Waals surface area contributed by atoms with Gasteiger partial charge in [-0.05, 0) is 111 Å². The predicted molar refractivity (Wildman–Crippen MR) is 172 cm³/mol. The molecule has 5 aromatic rings. The van der Waals surface area contributed by atoms with Gasteiger partial charge in [-0.3, -0.25) is 4.79 Å². The van der Waals surface area contributed by atoms with Crippen LogP contribution in [0.15, 0.2) is 94.4 Å². The number of rotatable bonds is 11. The maximum absolute atomic E-state index is 12.7. The largest absolute Gasteiger partial charge is 0.490 e. The molecule has 1 amide bonds. The first-order valence-electron chi connectivity index (χ1n) is 14.0. The molecule has 0 fully saturated rings. The summed E-state index contributed by atoms with van der Waals surface area (Å²) in [7, 11) is 0. The highest BCUT2D eigenvalue weighted by atomic mass is 35.5. The molecule has 0 aliphatic heterocycles. The summed E-state index contributed by atoms with van der Waals surface area (Å²) in [6, 6.07) is 24.5. The summed E-state index contributed by atoms with van der Waals surface area (Å²) < 4.78 is 24.8. The number of furan rings is 1. The minimum Gasteiger partial charge on any atom is -0.490 e. The van der Waals surface area contributed by atoms with Gasteiger partial charge in [-0.1, -0.05) is 23.2 Å². The molecule has 0 radical (unpaired) electrons. The van der Waals surface area contributed by atoms with E-state index in [0.29, 0.717) is 34.5 Å². The maximum atomic E-state index is 12.7. The van der Waals surface area contributed by atoms with Gasteiger partial charge in [-0.15, -0.1) is 0 Å². The molecule has 0 saturated heterocycles. The highest BCUT2D eigenvalue weighted by Crippen LogP contribution is 2.30. The second-order valence-corrected chi connectivity index (χ2v) is 10.7. The minimum absolute atomic E-state index is 0.0813. The zero-order valence-electron chi connectivity index (χ0n) is 24.7. The summed E-state index contributed by atoms with van der Waals surface area (Å²) in [5, 5.41) is 4.58. The van der Waals surface area contributed by atoms with E-state index < -0.39 is 11.9 Å². The first kappa shape index (κ1) is 31.4. The van der Waals surface area contributed by atoms with Crippen molar-refractivity contribution in [3.8, 4) is 22.9 Å². The first-order chi connectivity index (χ1) is 21.7. The van der Waals surface area contributed by atoms with Crippen LogP contribution in [0, 0.1) is 13.8 Å². The minimum atomic E-state index is -0.662. The quantitative estimate of drug-likeness (QED) is 0.0676. The van der Waals surface area contributed by atoms with Crippen molar-refractivity contribution in [1.29, 1.82) is 0 Å². The Balaban J connectivity index is 1.16. The van der Waals surface area contributed by atoms with Gasteiger partial charge in [0.05, 0.1) is 23.4 Å². The Bertz CT molecular complexity index is 1840. The number of hydrazone groups is 1. The summed E-state index contributed by atoms with van der Waals surface area (Å²) in [5.41, 5.74) is 6.54. The molecular formula is C34H29Cl2N3O6. The van der Waals surface area contributed by atoms with E-state index in [9.17, 15) is 9.59 Å². The van der Waals surface area contributed by atoms with E-state index in [1.165, 1.54) is 18.3 Å². The average molecular weight is 647 g/mol. The number of benzene rings is 3. The van der Waals surface area contributed by atoms with Crippen LogP contribution in [0.4, 0.5) is 0 Å². The third-order valence-electron chi connectivity index (χ3n) is 6.63. The second kappa shape index (κ2) is 14.2. The van der Waals surface area contributed by atoms with Crippen LogP contribution in [-0.4, -0.2) is 29.3 Å². The second-order valence-electron chi connectivity index (χ2n) is 9.85. The number of nitrogens with one attached hydrogen (secondary N) is 1. The maximum Gasteiger partial charge on any atom is 0.345 e. The highest BCUT2D eigenvalue weighted by Gasteiger charge is 2.17. The zero-order chi connectivity index (χ0) is 31.9. The third-order valence-corrected chi connectivity index (χ3v) is 7.18. The van der Waals surface area contributed by atoms with Crippen LogP contribution in [0.25, 0.3) is 5.69 Å². The molecule has 1 N–H and O–H groups in total. The smallest absolute Gasteiger partial charge is 0.345 e. The van der Waals surface area contributed by atoms with E-state index in [0.717, 1.165) is 17.1 Å². The molecule has 3 aromatic carbocycles. The van der Waals surface area contributed by atoms with Crippen LogP contribution in [-0.2, 0) is 6.61 Å². The topological polar surface area (TPSA) is 104 Å². The molecular weight excluding hydrogens is 617 g/mol. The summed E-state index contributed by atoms with van der Waals surface area (Å²) in [6.07, 6.45) is 1.43. The van der Waals surface area contributed by atoms with Crippen molar-refractivity contribution in [3.63, 3.8) is 0 Å². The van der Waals surface area contributed by atoms with Crippen LogP contribution < -0.4 is 19.6 Å². The number of carbonyl (C=O) groups excluding carboxylic acids is 2. The Labute approximate surface area is 269 Å². The van der Waals surface area contributed by atoms with Gasteiger partial charge in [-0.2, -0.15) is 5.10 Å². The molecule has 0 spiro atoms. The molecule has 0 atom stereocenters. The molecule has 0 aliphatic carbocycles. The lowest BCUT2D eigenvalue weighted by molar-refractivity contribution is 0.0728. The number of hydrogen-bond donors (Lipinski definition) is 1. The summed E-state index contributed by atoms with van der Waals surface area (Å²) in [6.45, 7) is 6.40. The van der Waals surface area contributed by atoms with Crippen LogP contribution in [0.5, 0.6) is 17.2 Å². The van der Waals surface area contributed by atoms with Crippen molar-refractivity contribution >= 4 is 41.3 Å². The van der Waals surface area contributed by atoms with E-state index >= 15 is 0 Å². The standard InChI is InChI=1S/C34H29Cl2N3O6/c1-4-42-32-17-23(7-15-30(32)45-34(41)28-14-8-24(35)18-29(28)36)19-37-38-33(40)31-16-13-27(44-31)20-43-26-11-9-25(10-12-26)39-21(2)5-6-22(39)3/h5-19H,4,20H2,1-3H3,(H,38,40)/b37-19+. The number of aromatic nitrogens is 1. The van der Waals surface area contributed by atoms with Crippen LogP contribution in [0.2, 0.25) is 10.0 Å². The summed E-state index contributed by atoms with van der Waals surface area (Å²) in [5.74, 6) is 0.553. The van der Waals surface area contributed by atoms with Crippen LogP contribution in [0.1, 0.15) is 50.5 Å². The van der Waals surface area contributed by atoms with Crippen molar-refractivity contribution < 1.29 is 28.2 Å². The van der Waals surface area contributed by atoms with Gasteiger partial charge in [0.25, 0.3) is 0 Å². The Hall–Kier alpha value is -4.99. The Morgan fingerprint density at radius 1 is 0.889 bits per heavy atom. The Morgan fingerprint density at radius 2 is 1.64 bits per heavy atom. The highest BCUT2D eigenvalue weighted by molar-refractivity contribution is 6.36. The fraction of sp³-hybridized carbons (Fsp3) is 0.147. The Morgan fingerprint density at radius 3 is 2.36 bits per heavy atom. The average Bonchev–Trinajstić information content (AvgIpc) is 3.63. The van der Waals surface area contributed by atoms with E-state index in [2.05, 4.69) is 41.1 Å². The molecule has 45 heavy (non-hydrogen) atoms. The van der Waals surface area contributed by atoms with Gasteiger partial charge < -0.3 is 23.2 Å². The van der Waals surface area contributed by atoms with Crippen molar-refractivity contribution in [2.24, 2.45) is 5.10 Å². The molecule has 11 heteroatoms. The molecule has 2 aromatic heterocycles. The van der Waals surface area contributed by atoms with E-state index in [1.807, 2.05) is 24.3 Å². The van der Waals surface area contributed by atoms with Gasteiger partial charge >= 0.3 is 11.9 Å². The van der Waals surface area contributed by atoms with Gasteiger partial charge in [0.2, 0.25) is 0 Å². The zero-order valence-corrected chi connectivity index (χ0v) is 26.2. The number of nitrogens with zero attached hydrogens (tertiary/aromatic N) is 2. The van der Waals surface area contributed by atoms with Crippen LogP contribution >= 0.6 is 23.2 Å². The molecule has 0 bridgehead atoms. The number of amides is 1. The molecule has 0 saturated carbocycles. The van der Waals surface area contributed by atoms with Crippen molar-refractivity contribution in [3.05, 3.63) is 129 Å². The first-order valence-corrected chi connectivity index (χ1v) is 14.7. The summed E-state index contributed by atoms with van der Waals surface area (Å²) >= 11 is 12.0. The van der Waals surface area contributed by atoms with E-state index in [-0.39, 0.29) is 28.7 Å². The normalized spacial score (nSPS) is 11.0. The number of ether oxygens (including phenoxy) is 3. The number of aryl methyl sites for hydroxylation is 2. The molecule has 230 valence electrons. The number of esters is 1. The molecule has 0 aliphatic rings. The van der Waals surface area contributed by atoms with Crippen molar-refractivity contribution in [2.45, 2.75) is 27.4 Å². The SMILES string of the molecule is CCOc1cc(/C=N/NC(=O)c2ccc(COc3ccc(-n4c(C)ccc4C)cc3)o2)ccc1OC(=O)c1ccc(Cl)cc1Cl. The number of carbonyl (C=O) groups is 2. The van der Waals surface area contributed by atoms with Crippen molar-refractivity contribution in [2.75, 3.05) is 6.61 Å². The molecule has 2 heterocycles. The molecule has 9 nitrogen and oxygen atoms in total. The van der Waals surface area contributed by atoms with E-state index in [4.69, 9.17) is 41.8 Å². The number of halogens is 2. The van der Waals surface area contributed by atoms with Gasteiger partial charge in [0.1, 0.15) is 18.1 Å². The summed E-state index contributed by atoms with van der Waals surface area (Å²) in [4.78, 5) is 25.3. The lowest BCUT2D eigenvalue weighted by Crippen LogP contribution is -2.16. The third kappa shape index (κ3) is 7.75. The van der Waals surface area contributed by atoms with Gasteiger partial charge in [0, 0.05) is 22.1 Å². The fourth-order valence-electron chi connectivity index (χ4n) is 4.49. The van der Waals surface area contributed by atoms with Crippen LogP contribution in [0.3, 0.4) is 0 Å². The lowest BCUT2D eigenvalue weighted by Gasteiger charge is -2.12. The molecule has 5 rings (SSSR count).